The van der Waals surface area contributed by atoms with Gasteiger partial charge in [-0.15, -0.1) is 0 Å². The smallest absolute Gasteiger partial charge is 0.237 e. The van der Waals surface area contributed by atoms with Crippen LogP contribution in [0.1, 0.15) is 19.3 Å². The fourth-order valence-corrected chi connectivity index (χ4v) is 4.42. The Hall–Kier alpha value is -2.43. The molecule has 2 aliphatic heterocycles. The van der Waals surface area contributed by atoms with Crippen LogP contribution in [0.4, 0.5) is 10.1 Å². The van der Waals surface area contributed by atoms with Crippen molar-refractivity contribution in [3.8, 4) is 6.07 Å². The van der Waals surface area contributed by atoms with E-state index < -0.39 is 12.2 Å². The first kappa shape index (κ1) is 19.9. The Kier molecular flexibility index (Phi) is 5.84. The summed E-state index contributed by atoms with van der Waals surface area (Å²) in [4.78, 5) is 20.1. The predicted octanol–water partition coefficient (Wildman–Crippen LogP) is 3.23. The molecule has 152 valence electrons. The van der Waals surface area contributed by atoms with Crippen LogP contribution < -0.4 is 5.32 Å². The van der Waals surface area contributed by atoms with Gasteiger partial charge in [-0.3, -0.25) is 14.7 Å². The van der Waals surface area contributed by atoms with E-state index in [0.717, 1.165) is 42.4 Å². The van der Waals surface area contributed by atoms with Gasteiger partial charge in [0.15, 0.2) is 0 Å². The zero-order valence-electron chi connectivity index (χ0n) is 16.0. The summed E-state index contributed by atoms with van der Waals surface area (Å²) in [6.07, 6.45) is 4.35. The first-order valence-electron chi connectivity index (χ1n) is 9.89. The van der Waals surface area contributed by atoms with E-state index in [1.165, 1.54) is 4.90 Å². The van der Waals surface area contributed by atoms with E-state index >= 15 is 0 Å². The van der Waals surface area contributed by atoms with Crippen LogP contribution in [-0.4, -0.2) is 65.1 Å². The van der Waals surface area contributed by atoms with Gasteiger partial charge in [0.05, 0.1) is 24.2 Å². The third kappa shape index (κ3) is 4.29. The average Bonchev–Trinajstić information content (AvgIpc) is 3.13. The number of likely N-dealkylation sites (tertiary alicyclic amines) is 2. The third-order valence-corrected chi connectivity index (χ3v) is 6.12. The van der Waals surface area contributed by atoms with E-state index in [1.54, 1.807) is 12.4 Å². The molecule has 0 saturated carbocycles. The second-order valence-corrected chi connectivity index (χ2v) is 8.14. The zero-order valence-corrected chi connectivity index (χ0v) is 16.8. The molecule has 29 heavy (non-hydrogen) atoms. The molecule has 0 radical (unpaired) electrons. The number of hydrogen-bond acceptors (Lipinski definition) is 5. The molecule has 1 N–H and O–H groups in total. The lowest BCUT2D eigenvalue weighted by Crippen LogP contribution is -2.46. The van der Waals surface area contributed by atoms with E-state index in [2.05, 4.69) is 15.2 Å². The molecular weight excluding hydrogens is 393 g/mol. The van der Waals surface area contributed by atoms with Crippen LogP contribution in [0.5, 0.6) is 0 Å². The number of carbonyl (C=O) groups excluding carboxylic acids is 1. The Morgan fingerprint density at radius 3 is 2.86 bits per heavy atom. The van der Waals surface area contributed by atoms with Crippen LogP contribution in [0.2, 0.25) is 5.02 Å². The summed E-state index contributed by atoms with van der Waals surface area (Å²) in [5.41, 5.74) is 1.03. The first-order chi connectivity index (χ1) is 14.0. The largest absolute Gasteiger partial charge is 0.382 e. The van der Waals surface area contributed by atoms with E-state index in [1.807, 2.05) is 24.3 Å². The number of nitriles is 1. The number of aromatic nitrogens is 1. The Morgan fingerprint density at radius 1 is 1.31 bits per heavy atom. The monoisotopic (exact) mass is 415 g/mol. The topological polar surface area (TPSA) is 72.3 Å². The summed E-state index contributed by atoms with van der Waals surface area (Å²) >= 11 is 6.27. The molecule has 6 nitrogen and oxygen atoms in total. The standard InChI is InChI=1S/C21H23ClFN5O/c22-19-1-2-20(17-3-6-25-11-18(17)19)26-15-4-7-27(8-5-15)13-21(29)28-12-14(23)9-16(28)10-24/h1-3,6,11,14-16,26H,4-5,7-9,12-13H2/t14-,16-/m0/s1. The average molecular weight is 416 g/mol. The second kappa shape index (κ2) is 8.52. The maximum atomic E-state index is 13.6. The van der Waals surface area contributed by atoms with Gasteiger partial charge in [-0.25, -0.2) is 4.39 Å². The van der Waals surface area contributed by atoms with Crippen molar-refractivity contribution in [2.75, 3.05) is 31.5 Å². The van der Waals surface area contributed by atoms with Gasteiger partial charge in [0.25, 0.3) is 0 Å². The predicted molar refractivity (Wildman–Crippen MR) is 110 cm³/mol. The molecule has 2 aliphatic rings. The second-order valence-electron chi connectivity index (χ2n) is 7.73. The van der Waals surface area contributed by atoms with Crippen molar-refractivity contribution in [3.63, 3.8) is 0 Å². The van der Waals surface area contributed by atoms with Crippen molar-refractivity contribution in [1.82, 2.24) is 14.8 Å². The summed E-state index contributed by atoms with van der Waals surface area (Å²) in [6.45, 7) is 1.84. The summed E-state index contributed by atoms with van der Waals surface area (Å²) in [6, 6.07) is 7.52. The van der Waals surface area contributed by atoms with Crippen LogP contribution in [-0.2, 0) is 4.79 Å². The molecule has 2 atom stereocenters. The lowest BCUT2D eigenvalue weighted by molar-refractivity contribution is -0.132. The quantitative estimate of drug-likeness (QED) is 0.830. The number of rotatable bonds is 4. The Balaban J connectivity index is 1.33. The fraction of sp³-hybridized carbons (Fsp3) is 0.476. The molecule has 3 heterocycles. The van der Waals surface area contributed by atoms with Crippen LogP contribution in [0, 0.1) is 11.3 Å². The summed E-state index contributed by atoms with van der Waals surface area (Å²) in [5.74, 6) is -0.153. The Labute approximate surface area is 174 Å². The number of nitrogens with one attached hydrogen (secondary N) is 1. The van der Waals surface area contributed by atoms with E-state index in [0.29, 0.717) is 11.1 Å². The van der Waals surface area contributed by atoms with Gasteiger partial charge in [0, 0.05) is 54.4 Å². The molecule has 8 heteroatoms. The molecule has 0 bridgehead atoms. The van der Waals surface area contributed by atoms with Gasteiger partial charge in [-0.1, -0.05) is 11.6 Å². The van der Waals surface area contributed by atoms with Gasteiger partial charge in [-0.05, 0) is 31.0 Å². The highest BCUT2D eigenvalue weighted by Crippen LogP contribution is 2.30. The summed E-state index contributed by atoms with van der Waals surface area (Å²) in [5, 5.41) is 15.4. The lowest BCUT2D eigenvalue weighted by atomic mass is 10.0. The number of halogens is 2. The number of hydrogen-bond donors (Lipinski definition) is 1. The highest BCUT2D eigenvalue weighted by molar-refractivity contribution is 6.36. The van der Waals surface area contributed by atoms with Crippen molar-refractivity contribution in [1.29, 1.82) is 5.26 Å². The minimum atomic E-state index is -1.09. The van der Waals surface area contributed by atoms with Gasteiger partial charge in [-0.2, -0.15) is 5.26 Å². The number of nitrogens with zero attached hydrogens (tertiary/aromatic N) is 4. The molecule has 4 rings (SSSR count). The molecule has 0 aliphatic carbocycles. The molecule has 2 aromatic rings. The SMILES string of the molecule is N#C[C@@H]1C[C@H](F)CN1C(=O)CN1CCC(Nc2ccc(Cl)c3cnccc23)CC1. The van der Waals surface area contributed by atoms with E-state index in [-0.39, 0.29) is 25.4 Å². The third-order valence-electron chi connectivity index (χ3n) is 5.79. The van der Waals surface area contributed by atoms with Gasteiger partial charge in [0.2, 0.25) is 5.91 Å². The van der Waals surface area contributed by atoms with Crippen LogP contribution in [0.15, 0.2) is 30.6 Å². The van der Waals surface area contributed by atoms with Gasteiger partial charge >= 0.3 is 0 Å². The Morgan fingerprint density at radius 2 is 2.10 bits per heavy atom. The molecule has 1 amide bonds. The molecule has 1 aromatic heterocycles. The summed E-state index contributed by atoms with van der Waals surface area (Å²) in [7, 11) is 0. The first-order valence-corrected chi connectivity index (χ1v) is 10.3. The Bertz CT molecular complexity index is 940. The van der Waals surface area contributed by atoms with Crippen molar-refractivity contribution in [3.05, 3.63) is 35.6 Å². The van der Waals surface area contributed by atoms with Crippen molar-refractivity contribution >= 4 is 34.0 Å². The van der Waals surface area contributed by atoms with Crippen LogP contribution >= 0.6 is 11.6 Å². The minimum absolute atomic E-state index is 0.0353. The number of amides is 1. The molecule has 2 saturated heterocycles. The number of fused-ring (bicyclic) bond motifs is 1. The number of pyridine rings is 1. The highest BCUT2D eigenvalue weighted by Gasteiger charge is 2.36. The number of carbonyl (C=O) groups is 1. The summed E-state index contributed by atoms with van der Waals surface area (Å²) < 4.78 is 13.6. The molecular formula is C21H23ClFN5O. The normalized spacial score (nSPS) is 23.3. The van der Waals surface area contributed by atoms with Crippen LogP contribution in [0.25, 0.3) is 10.8 Å². The highest BCUT2D eigenvalue weighted by atomic mass is 35.5. The molecule has 1 aromatic carbocycles. The number of anilines is 1. The number of benzene rings is 1. The number of piperidine rings is 1. The maximum Gasteiger partial charge on any atom is 0.237 e. The van der Waals surface area contributed by atoms with Crippen molar-refractivity contribution in [2.24, 2.45) is 0 Å². The van der Waals surface area contributed by atoms with E-state index in [4.69, 9.17) is 16.9 Å². The van der Waals surface area contributed by atoms with Gasteiger partial charge < -0.3 is 10.2 Å². The van der Waals surface area contributed by atoms with Crippen LogP contribution in [0.3, 0.4) is 0 Å². The zero-order chi connectivity index (χ0) is 20.4. The lowest BCUT2D eigenvalue weighted by Gasteiger charge is -2.33. The van der Waals surface area contributed by atoms with Gasteiger partial charge in [0.1, 0.15) is 12.2 Å². The van der Waals surface area contributed by atoms with E-state index in [9.17, 15) is 9.18 Å². The maximum absolute atomic E-state index is 13.6. The molecule has 0 unspecified atom stereocenters. The van der Waals surface area contributed by atoms with Crippen molar-refractivity contribution in [2.45, 2.75) is 37.5 Å². The number of alkyl halides is 1. The molecule has 2 fully saturated rings. The molecule has 0 spiro atoms. The minimum Gasteiger partial charge on any atom is -0.382 e. The van der Waals surface area contributed by atoms with Crippen molar-refractivity contribution < 1.29 is 9.18 Å². The fourth-order valence-electron chi connectivity index (χ4n) is 4.20.